The molecule has 0 aromatic heterocycles. The van der Waals surface area contributed by atoms with Gasteiger partial charge in [-0.2, -0.15) is 0 Å². The number of benzene rings is 2. The van der Waals surface area contributed by atoms with Crippen LogP contribution in [0.15, 0.2) is 48.0 Å². The molecular formula is C25H27N3O4. The summed E-state index contributed by atoms with van der Waals surface area (Å²) in [6, 6.07) is 11.7. The summed E-state index contributed by atoms with van der Waals surface area (Å²) in [5, 5.41) is 2.26. The van der Waals surface area contributed by atoms with Crippen LogP contribution in [0.25, 0.3) is 6.08 Å². The molecule has 1 fully saturated rings. The van der Waals surface area contributed by atoms with Gasteiger partial charge in [0.15, 0.2) is 0 Å². The number of barbiturate groups is 1. The van der Waals surface area contributed by atoms with Crippen molar-refractivity contribution in [3.63, 3.8) is 0 Å². The van der Waals surface area contributed by atoms with Gasteiger partial charge in [-0.15, -0.1) is 0 Å². The number of para-hydroxylation sites is 1. The van der Waals surface area contributed by atoms with Gasteiger partial charge in [0.25, 0.3) is 11.8 Å². The minimum absolute atomic E-state index is 0.00677. The van der Waals surface area contributed by atoms with Gasteiger partial charge in [0.05, 0.1) is 12.8 Å². The summed E-state index contributed by atoms with van der Waals surface area (Å²) in [6.45, 7) is 6.58. The lowest BCUT2D eigenvalue weighted by Crippen LogP contribution is -2.54. The average molecular weight is 434 g/mol. The Kier molecular flexibility index (Phi) is 5.28. The Balaban J connectivity index is 1.81. The fraction of sp³-hybridized carbons (Fsp3) is 0.320. The molecule has 0 aliphatic carbocycles. The van der Waals surface area contributed by atoms with Crippen LogP contribution in [0.4, 0.5) is 16.2 Å². The monoisotopic (exact) mass is 433 g/mol. The fourth-order valence-electron chi connectivity index (χ4n) is 4.52. The van der Waals surface area contributed by atoms with Gasteiger partial charge in [-0.25, -0.2) is 9.69 Å². The van der Waals surface area contributed by atoms with Gasteiger partial charge in [0.1, 0.15) is 11.3 Å². The van der Waals surface area contributed by atoms with E-state index in [0.29, 0.717) is 17.0 Å². The van der Waals surface area contributed by atoms with Crippen molar-refractivity contribution < 1.29 is 19.1 Å². The predicted molar refractivity (Wildman–Crippen MR) is 124 cm³/mol. The fourth-order valence-corrected chi connectivity index (χ4v) is 4.52. The third-order valence-corrected chi connectivity index (χ3v) is 6.40. The normalized spacial score (nSPS) is 21.5. The highest BCUT2D eigenvalue weighted by Gasteiger charge is 2.38. The van der Waals surface area contributed by atoms with Crippen molar-refractivity contribution in [3.05, 3.63) is 59.2 Å². The van der Waals surface area contributed by atoms with Crippen molar-refractivity contribution in [2.45, 2.75) is 38.6 Å². The Hall–Kier alpha value is -3.61. The van der Waals surface area contributed by atoms with E-state index in [0.717, 1.165) is 22.6 Å². The molecule has 0 radical (unpaired) electrons. The van der Waals surface area contributed by atoms with Crippen LogP contribution in [0.3, 0.4) is 0 Å². The summed E-state index contributed by atoms with van der Waals surface area (Å²) < 4.78 is 5.61. The number of carbonyl (C=O) groups excluding carboxylic acids is 3. The molecule has 32 heavy (non-hydrogen) atoms. The molecule has 7 nitrogen and oxygen atoms in total. The first kappa shape index (κ1) is 21.6. The number of imide groups is 2. The summed E-state index contributed by atoms with van der Waals surface area (Å²) >= 11 is 0. The lowest BCUT2D eigenvalue weighted by Gasteiger charge is -2.45. The maximum absolute atomic E-state index is 13.2. The maximum Gasteiger partial charge on any atom is 0.335 e. The van der Waals surface area contributed by atoms with Crippen molar-refractivity contribution in [2.75, 3.05) is 24.0 Å². The number of amides is 4. The number of nitrogens with zero attached hydrogens (tertiary/aromatic N) is 2. The SMILES string of the molecule is COc1cc2c(cc1/C=C1/C(=O)NC(=O)N(c3ccccc3)C1=O)C(C)CC(C)(C)N2C. The first-order valence-electron chi connectivity index (χ1n) is 10.6. The molecule has 4 rings (SSSR count). The van der Waals surface area contributed by atoms with Crippen LogP contribution in [-0.2, 0) is 9.59 Å². The Labute approximate surface area is 187 Å². The molecule has 2 aromatic rings. The van der Waals surface area contributed by atoms with E-state index in [9.17, 15) is 14.4 Å². The predicted octanol–water partition coefficient (Wildman–Crippen LogP) is 4.08. The number of rotatable bonds is 3. The van der Waals surface area contributed by atoms with Gasteiger partial charge < -0.3 is 9.64 Å². The zero-order valence-electron chi connectivity index (χ0n) is 18.9. The third kappa shape index (κ3) is 3.53. The highest BCUT2D eigenvalue weighted by Crippen LogP contribution is 2.45. The largest absolute Gasteiger partial charge is 0.496 e. The molecule has 2 aliphatic heterocycles. The van der Waals surface area contributed by atoms with E-state index in [1.165, 1.54) is 6.08 Å². The first-order chi connectivity index (χ1) is 15.1. The van der Waals surface area contributed by atoms with Gasteiger partial charge in [0.2, 0.25) is 0 Å². The second kappa shape index (κ2) is 7.82. The van der Waals surface area contributed by atoms with Crippen LogP contribution >= 0.6 is 0 Å². The summed E-state index contributed by atoms with van der Waals surface area (Å²) in [5.74, 6) is -0.552. The van der Waals surface area contributed by atoms with Crippen LogP contribution in [0.2, 0.25) is 0 Å². The number of fused-ring (bicyclic) bond motifs is 1. The molecular weight excluding hydrogens is 406 g/mol. The summed E-state index contributed by atoms with van der Waals surface area (Å²) in [5.41, 5.74) is 3.07. The topological polar surface area (TPSA) is 79.0 Å². The molecule has 2 aliphatic rings. The van der Waals surface area contributed by atoms with Crippen molar-refractivity contribution >= 4 is 35.3 Å². The van der Waals surface area contributed by atoms with E-state index in [2.05, 4.69) is 38.0 Å². The zero-order chi connectivity index (χ0) is 23.2. The highest BCUT2D eigenvalue weighted by molar-refractivity contribution is 6.39. The lowest BCUT2D eigenvalue weighted by atomic mass is 9.79. The van der Waals surface area contributed by atoms with Gasteiger partial charge >= 0.3 is 6.03 Å². The lowest BCUT2D eigenvalue weighted by molar-refractivity contribution is -0.122. The summed E-state index contributed by atoms with van der Waals surface area (Å²) in [6.07, 6.45) is 2.47. The van der Waals surface area contributed by atoms with Gasteiger partial charge in [-0.1, -0.05) is 25.1 Å². The first-order valence-corrected chi connectivity index (χ1v) is 10.6. The van der Waals surface area contributed by atoms with Crippen LogP contribution < -0.4 is 19.9 Å². The number of urea groups is 1. The highest BCUT2D eigenvalue weighted by atomic mass is 16.5. The van der Waals surface area contributed by atoms with E-state index < -0.39 is 17.8 Å². The van der Waals surface area contributed by atoms with E-state index in [1.807, 2.05) is 12.1 Å². The van der Waals surface area contributed by atoms with Gasteiger partial charge in [-0.3, -0.25) is 14.9 Å². The Bertz CT molecular complexity index is 1140. The Morgan fingerprint density at radius 1 is 1.12 bits per heavy atom. The smallest absolute Gasteiger partial charge is 0.335 e. The number of nitrogens with one attached hydrogen (secondary N) is 1. The van der Waals surface area contributed by atoms with Crippen molar-refractivity contribution in [1.29, 1.82) is 0 Å². The van der Waals surface area contributed by atoms with E-state index >= 15 is 0 Å². The van der Waals surface area contributed by atoms with E-state index in [4.69, 9.17) is 4.74 Å². The van der Waals surface area contributed by atoms with Crippen molar-refractivity contribution in [1.82, 2.24) is 5.32 Å². The second-order valence-electron chi connectivity index (χ2n) is 8.92. The Morgan fingerprint density at radius 3 is 2.47 bits per heavy atom. The van der Waals surface area contributed by atoms with Gasteiger partial charge in [-0.05, 0) is 56.0 Å². The molecule has 0 bridgehead atoms. The maximum atomic E-state index is 13.2. The van der Waals surface area contributed by atoms with Crippen LogP contribution in [-0.4, -0.2) is 37.5 Å². The number of ether oxygens (including phenoxy) is 1. The molecule has 1 saturated heterocycles. The molecule has 2 heterocycles. The number of anilines is 2. The molecule has 1 atom stereocenters. The van der Waals surface area contributed by atoms with E-state index in [-0.39, 0.29) is 17.0 Å². The number of hydrogen-bond acceptors (Lipinski definition) is 5. The minimum atomic E-state index is -0.766. The Morgan fingerprint density at radius 2 is 1.81 bits per heavy atom. The minimum Gasteiger partial charge on any atom is -0.496 e. The second-order valence-corrected chi connectivity index (χ2v) is 8.92. The van der Waals surface area contributed by atoms with Crippen LogP contribution in [0.1, 0.15) is 44.2 Å². The quantitative estimate of drug-likeness (QED) is 0.583. The molecule has 1 unspecified atom stereocenters. The molecule has 7 heteroatoms. The molecule has 4 amide bonds. The van der Waals surface area contributed by atoms with Crippen LogP contribution in [0.5, 0.6) is 5.75 Å². The molecule has 2 aromatic carbocycles. The number of hydrogen-bond donors (Lipinski definition) is 1. The summed E-state index contributed by atoms with van der Waals surface area (Å²) in [7, 11) is 3.62. The van der Waals surface area contributed by atoms with Crippen LogP contribution in [0, 0.1) is 0 Å². The molecule has 0 spiro atoms. The van der Waals surface area contributed by atoms with E-state index in [1.54, 1.807) is 37.4 Å². The van der Waals surface area contributed by atoms with Crippen molar-refractivity contribution in [3.8, 4) is 5.75 Å². The van der Waals surface area contributed by atoms with Gasteiger partial charge in [0, 0.05) is 29.9 Å². The molecule has 1 N–H and O–H groups in total. The number of methoxy groups -OCH3 is 1. The molecule has 0 saturated carbocycles. The standard InChI is InChI=1S/C25H27N3O4/c1-15-14-25(2,3)27(4)20-13-21(32-5)16(11-18(15)20)12-19-22(29)26-24(31)28(23(19)30)17-9-7-6-8-10-17/h6-13,15H,14H2,1-5H3,(H,26,29,31)/b19-12-. The number of carbonyl (C=O) groups is 3. The summed E-state index contributed by atoms with van der Waals surface area (Å²) in [4.78, 5) is 41.3. The van der Waals surface area contributed by atoms with Crippen molar-refractivity contribution in [2.24, 2.45) is 0 Å². The third-order valence-electron chi connectivity index (χ3n) is 6.40. The average Bonchev–Trinajstić information content (AvgIpc) is 2.75. The molecule has 166 valence electrons. The zero-order valence-corrected chi connectivity index (χ0v) is 18.9.